The van der Waals surface area contributed by atoms with Crippen molar-refractivity contribution in [1.82, 2.24) is 0 Å². The molecule has 0 aromatic rings. The van der Waals surface area contributed by atoms with Gasteiger partial charge in [0.1, 0.15) is 12.2 Å². The lowest BCUT2D eigenvalue weighted by molar-refractivity contribution is -0.154. The molecule has 0 heterocycles. The van der Waals surface area contributed by atoms with Gasteiger partial charge in [-0.15, -0.1) is 0 Å². The van der Waals surface area contributed by atoms with Crippen molar-refractivity contribution in [2.75, 3.05) is 33.0 Å². The number of allylic oxidation sites excluding steroid dienone is 10. The first-order chi connectivity index (χ1) is 23.8. The number of esters is 1. The Hall–Kier alpha value is -1.84. The van der Waals surface area contributed by atoms with Gasteiger partial charge in [-0.25, -0.2) is 4.57 Å². The van der Waals surface area contributed by atoms with Gasteiger partial charge >= 0.3 is 13.8 Å². The maximum atomic E-state index is 12.5. The van der Waals surface area contributed by atoms with Crippen molar-refractivity contribution in [3.05, 3.63) is 60.8 Å². The molecular weight excluding hydrogens is 643 g/mol. The van der Waals surface area contributed by atoms with Gasteiger partial charge in [-0.1, -0.05) is 120 Å². The number of phosphoric ester groups is 1. The SMILES string of the molecule is CC/C=C\C/C=C\C/C=C\CCCCCCOCC(COP(=O)(O)OCC(O)CO)OC(=O)CCCCCCC/C=C\C/C=C\CCCC. The van der Waals surface area contributed by atoms with Gasteiger partial charge in [0.15, 0.2) is 0 Å². The van der Waals surface area contributed by atoms with Crippen LogP contribution in [0.2, 0.25) is 0 Å². The third kappa shape index (κ3) is 35.8. The minimum atomic E-state index is -4.52. The summed E-state index contributed by atoms with van der Waals surface area (Å²) in [5.74, 6) is -0.409. The third-order valence-electron chi connectivity index (χ3n) is 7.44. The molecule has 0 radical (unpaired) electrons. The molecule has 0 bridgehead atoms. The van der Waals surface area contributed by atoms with Gasteiger partial charge in [0.05, 0.1) is 26.4 Å². The second-order valence-corrected chi connectivity index (χ2v) is 13.7. The van der Waals surface area contributed by atoms with Gasteiger partial charge in [-0.3, -0.25) is 13.8 Å². The maximum Gasteiger partial charge on any atom is 0.472 e. The number of carbonyl (C=O) groups excluding carboxylic acids is 1. The summed E-state index contributed by atoms with van der Waals surface area (Å²) >= 11 is 0. The van der Waals surface area contributed by atoms with E-state index in [1.54, 1.807) is 0 Å². The standard InChI is InChI=1S/C39H69O9P/c1-3-5-7-9-11-13-15-17-19-21-23-25-27-29-31-39(42)48-38(36-47-49(43,44)46-34-37(41)33-40)35-45-32-30-28-26-24-22-20-18-16-14-12-10-8-6-4-2/h6,8-9,11-12,14-15,17-18,20,37-38,40-41H,3-5,7,10,13,16,19,21-36H2,1-2H3,(H,43,44)/b8-6-,11-9-,14-12-,17-15-,20-18-. The Morgan fingerprint density at radius 2 is 1.16 bits per heavy atom. The predicted octanol–water partition coefficient (Wildman–Crippen LogP) is 9.63. The molecule has 0 aromatic heterocycles. The van der Waals surface area contributed by atoms with Crippen molar-refractivity contribution in [2.24, 2.45) is 0 Å². The third-order valence-corrected chi connectivity index (χ3v) is 8.39. The molecule has 3 atom stereocenters. The van der Waals surface area contributed by atoms with Crippen molar-refractivity contribution in [3.63, 3.8) is 0 Å². The molecule has 10 heteroatoms. The van der Waals surface area contributed by atoms with E-state index in [4.69, 9.17) is 23.6 Å². The van der Waals surface area contributed by atoms with Gasteiger partial charge in [-0.05, 0) is 70.6 Å². The zero-order chi connectivity index (χ0) is 36.1. The minimum Gasteiger partial charge on any atom is -0.457 e. The highest BCUT2D eigenvalue weighted by atomic mass is 31.2. The number of ether oxygens (including phenoxy) is 2. The average molecular weight is 713 g/mol. The topological polar surface area (TPSA) is 132 Å². The first-order valence-corrected chi connectivity index (χ1v) is 20.3. The van der Waals surface area contributed by atoms with E-state index in [9.17, 15) is 19.4 Å². The van der Waals surface area contributed by atoms with Gasteiger partial charge in [-0.2, -0.15) is 0 Å². The molecule has 0 amide bonds. The number of aliphatic hydroxyl groups is 2. The van der Waals surface area contributed by atoms with Crippen molar-refractivity contribution < 1.29 is 43.0 Å². The lowest BCUT2D eigenvalue weighted by Gasteiger charge is -2.20. The number of carbonyl (C=O) groups is 1. The lowest BCUT2D eigenvalue weighted by atomic mass is 10.1. The smallest absolute Gasteiger partial charge is 0.457 e. The molecule has 0 fully saturated rings. The van der Waals surface area contributed by atoms with Crippen molar-refractivity contribution in [1.29, 1.82) is 0 Å². The fraction of sp³-hybridized carbons (Fsp3) is 0.718. The van der Waals surface area contributed by atoms with Gasteiger partial charge in [0.25, 0.3) is 0 Å². The largest absolute Gasteiger partial charge is 0.472 e. The molecule has 0 aliphatic heterocycles. The van der Waals surface area contributed by atoms with Crippen LogP contribution in [0, 0.1) is 0 Å². The normalized spacial score (nSPS) is 15.0. The van der Waals surface area contributed by atoms with Gasteiger partial charge < -0.3 is 24.6 Å². The molecule has 0 spiro atoms. The van der Waals surface area contributed by atoms with Crippen LogP contribution in [0.5, 0.6) is 0 Å². The Kier molecular flexibility index (Phi) is 34.6. The van der Waals surface area contributed by atoms with E-state index in [0.717, 1.165) is 96.3 Å². The van der Waals surface area contributed by atoms with Crippen LogP contribution in [0.3, 0.4) is 0 Å². The number of phosphoric acid groups is 1. The highest BCUT2D eigenvalue weighted by Gasteiger charge is 2.26. The van der Waals surface area contributed by atoms with E-state index in [1.165, 1.54) is 12.8 Å². The number of rotatable bonds is 35. The Bertz CT molecular complexity index is 945. The Morgan fingerprint density at radius 3 is 1.76 bits per heavy atom. The van der Waals surface area contributed by atoms with Crippen molar-refractivity contribution in [2.45, 2.75) is 148 Å². The predicted molar refractivity (Wildman–Crippen MR) is 200 cm³/mol. The number of hydrogen-bond acceptors (Lipinski definition) is 8. The molecule has 3 N–H and O–H groups in total. The highest BCUT2D eigenvalue weighted by Crippen LogP contribution is 2.43. The van der Waals surface area contributed by atoms with E-state index in [-0.39, 0.29) is 13.0 Å². The summed E-state index contributed by atoms with van der Waals surface area (Å²) in [6.45, 7) is 3.26. The highest BCUT2D eigenvalue weighted by molar-refractivity contribution is 7.47. The maximum absolute atomic E-state index is 12.5. The van der Waals surface area contributed by atoms with E-state index in [1.807, 2.05) is 0 Å². The first kappa shape index (κ1) is 47.2. The Morgan fingerprint density at radius 1 is 0.653 bits per heavy atom. The lowest BCUT2D eigenvalue weighted by Crippen LogP contribution is -2.29. The summed E-state index contributed by atoms with van der Waals surface area (Å²) in [6.07, 6.45) is 38.9. The zero-order valence-corrected chi connectivity index (χ0v) is 31.5. The van der Waals surface area contributed by atoms with Crippen LogP contribution < -0.4 is 0 Å². The molecule has 0 saturated heterocycles. The molecule has 0 saturated carbocycles. The van der Waals surface area contributed by atoms with Crippen molar-refractivity contribution >= 4 is 13.8 Å². The fourth-order valence-corrected chi connectivity index (χ4v) is 5.35. The van der Waals surface area contributed by atoms with Crippen molar-refractivity contribution in [3.8, 4) is 0 Å². The zero-order valence-electron chi connectivity index (χ0n) is 30.6. The number of hydrogen-bond donors (Lipinski definition) is 3. The molecule has 3 unspecified atom stereocenters. The summed E-state index contributed by atoms with van der Waals surface area (Å²) in [4.78, 5) is 22.5. The van der Waals surface area contributed by atoms with E-state index < -0.39 is 45.8 Å². The summed E-state index contributed by atoms with van der Waals surface area (Å²) in [6, 6.07) is 0. The summed E-state index contributed by atoms with van der Waals surface area (Å²) in [7, 11) is -4.52. The first-order valence-electron chi connectivity index (χ1n) is 18.8. The molecule has 0 aliphatic rings. The molecule has 0 aliphatic carbocycles. The fourth-order valence-electron chi connectivity index (χ4n) is 4.56. The monoisotopic (exact) mass is 712 g/mol. The van der Waals surface area contributed by atoms with Crippen LogP contribution in [0.4, 0.5) is 0 Å². The molecule has 9 nitrogen and oxygen atoms in total. The average Bonchev–Trinajstić information content (AvgIpc) is 3.09. The Labute approximate surface area is 298 Å². The van der Waals surface area contributed by atoms with Gasteiger partial charge in [0, 0.05) is 13.0 Å². The van der Waals surface area contributed by atoms with Crippen LogP contribution >= 0.6 is 7.82 Å². The molecule has 0 aromatic carbocycles. The Balaban J connectivity index is 4.33. The number of aliphatic hydroxyl groups excluding tert-OH is 2. The molecular formula is C39H69O9P. The molecule has 0 rings (SSSR count). The second kappa shape index (κ2) is 36.0. The quantitative estimate of drug-likeness (QED) is 0.0254. The number of unbranched alkanes of at least 4 members (excludes halogenated alkanes) is 11. The molecule has 284 valence electrons. The van der Waals surface area contributed by atoms with E-state index >= 15 is 0 Å². The van der Waals surface area contributed by atoms with Crippen LogP contribution in [-0.4, -0.2) is 66.3 Å². The summed E-state index contributed by atoms with van der Waals surface area (Å²) in [5.41, 5.74) is 0. The van der Waals surface area contributed by atoms with Crippen LogP contribution in [0.15, 0.2) is 60.8 Å². The molecule has 49 heavy (non-hydrogen) atoms. The second-order valence-electron chi connectivity index (χ2n) is 12.2. The summed E-state index contributed by atoms with van der Waals surface area (Å²) < 4.78 is 33.2. The van der Waals surface area contributed by atoms with Crippen LogP contribution in [-0.2, 0) is 27.9 Å². The van der Waals surface area contributed by atoms with Crippen LogP contribution in [0.1, 0.15) is 136 Å². The van der Waals surface area contributed by atoms with Crippen LogP contribution in [0.25, 0.3) is 0 Å². The van der Waals surface area contributed by atoms with Gasteiger partial charge in [0.2, 0.25) is 0 Å². The van der Waals surface area contributed by atoms with E-state index in [0.29, 0.717) is 13.0 Å². The summed E-state index contributed by atoms with van der Waals surface area (Å²) in [5, 5.41) is 18.3. The van der Waals surface area contributed by atoms with E-state index in [2.05, 4.69) is 74.6 Å². The minimum absolute atomic E-state index is 0.0253.